The number of anilines is 2. The van der Waals surface area contributed by atoms with Gasteiger partial charge >= 0.3 is 0 Å². The Hall–Kier alpha value is -2.50. The van der Waals surface area contributed by atoms with Crippen molar-refractivity contribution in [2.45, 2.75) is 0 Å². The molecule has 6 heteroatoms. The van der Waals surface area contributed by atoms with Crippen molar-refractivity contribution in [1.29, 1.82) is 0 Å². The molecule has 0 atom stereocenters. The summed E-state index contributed by atoms with van der Waals surface area (Å²) in [5, 5.41) is 5.16. The number of nitrogens with zero attached hydrogens (tertiary/aromatic N) is 1. The highest BCUT2D eigenvalue weighted by Crippen LogP contribution is 2.16. The summed E-state index contributed by atoms with van der Waals surface area (Å²) in [6.45, 7) is 0. The van der Waals surface area contributed by atoms with Crippen molar-refractivity contribution in [1.82, 2.24) is 4.98 Å². The monoisotopic (exact) mass is 263 g/mol. The number of carbonyl (C=O) groups is 1. The number of aromatic nitrogens is 1. The molecule has 98 valence electrons. The molecule has 2 rings (SSSR count). The van der Waals surface area contributed by atoms with Gasteiger partial charge in [0.05, 0.1) is 11.8 Å². The quantitative estimate of drug-likeness (QED) is 0.895. The molecule has 0 aliphatic carbocycles. The van der Waals surface area contributed by atoms with Crippen LogP contribution in [0.2, 0.25) is 0 Å². The van der Waals surface area contributed by atoms with Gasteiger partial charge in [-0.3, -0.25) is 4.79 Å². The van der Waals surface area contributed by atoms with E-state index in [0.29, 0.717) is 0 Å². The van der Waals surface area contributed by atoms with E-state index in [1.807, 2.05) is 0 Å². The topological polar surface area (TPSA) is 54.0 Å². The molecule has 0 unspecified atom stereocenters. The zero-order valence-electron chi connectivity index (χ0n) is 10.1. The average molecular weight is 263 g/mol. The molecule has 2 aromatic rings. The second-order valence-corrected chi connectivity index (χ2v) is 3.76. The second kappa shape index (κ2) is 5.43. The first kappa shape index (κ1) is 12.9. The summed E-state index contributed by atoms with van der Waals surface area (Å²) in [4.78, 5) is 15.7. The van der Waals surface area contributed by atoms with E-state index in [4.69, 9.17) is 0 Å². The Balaban J connectivity index is 2.27. The Bertz CT molecular complexity index is 617. The number of halogens is 2. The summed E-state index contributed by atoms with van der Waals surface area (Å²) in [6, 6.07) is 6.50. The van der Waals surface area contributed by atoms with Gasteiger partial charge in [0, 0.05) is 12.7 Å². The molecule has 0 saturated heterocycles. The van der Waals surface area contributed by atoms with Crippen LogP contribution < -0.4 is 10.6 Å². The van der Waals surface area contributed by atoms with Crippen LogP contribution >= 0.6 is 0 Å². The van der Waals surface area contributed by atoms with Crippen LogP contribution in [0.4, 0.5) is 20.3 Å². The third kappa shape index (κ3) is 3.04. The van der Waals surface area contributed by atoms with E-state index >= 15 is 0 Å². The number of amides is 1. The highest BCUT2D eigenvalue weighted by Gasteiger charge is 2.13. The Morgan fingerprint density at radius 2 is 2.00 bits per heavy atom. The molecule has 0 bridgehead atoms. The van der Waals surface area contributed by atoms with Crippen LogP contribution in [0, 0.1) is 11.6 Å². The Morgan fingerprint density at radius 1 is 1.21 bits per heavy atom. The van der Waals surface area contributed by atoms with Gasteiger partial charge in [0.1, 0.15) is 17.5 Å². The van der Waals surface area contributed by atoms with Crippen molar-refractivity contribution in [2.75, 3.05) is 17.7 Å². The van der Waals surface area contributed by atoms with Crippen molar-refractivity contribution in [2.24, 2.45) is 0 Å². The fourth-order valence-electron chi connectivity index (χ4n) is 1.58. The summed E-state index contributed by atoms with van der Waals surface area (Å²) in [6.07, 6.45) is 1.00. The van der Waals surface area contributed by atoms with Gasteiger partial charge in [0.15, 0.2) is 0 Å². The van der Waals surface area contributed by atoms with Crippen LogP contribution in [0.3, 0.4) is 0 Å². The summed E-state index contributed by atoms with van der Waals surface area (Å²) in [5.41, 5.74) is 0.336. The van der Waals surface area contributed by atoms with Gasteiger partial charge in [-0.15, -0.1) is 0 Å². The first-order chi connectivity index (χ1) is 9.10. The van der Waals surface area contributed by atoms with Crippen molar-refractivity contribution in [3.63, 3.8) is 0 Å². The molecule has 0 radical (unpaired) electrons. The molecule has 4 nitrogen and oxygen atoms in total. The highest BCUT2D eigenvalue weighted by atomic mass is 19.1. The van der Waals surface area contributed by atoms with Crippen LogP contribution in [0.25, 0.3) is 0 Å². The SMILES string of the molecule is CNc1ncc(F)cc1C(=O)Nc1cccc(F)c1. The number of pyridine rings is 1. The third-order valence-electron chi connectivity index (χ3n) is 2.42. The molecule has 1 heterocycles. The van der Waals surface area contributed by atoms with E-state index < -0.39 is 17.5 Å². The molecule has 0 spiro atoms. The van der Waals surface area contributed by atoms with Crippen molar-refractivity contribution in [3.05, 3.63) is 53.7 Å². The Kier molecular flexibility index (Phi) is 3.70. The molecule has 19 heavy (non-hydrogen) atoms. The third-order valence-corrected chi connectivity index (χ3v) is 2.42. The maximum Gasteiger partial charge on any atom is 0.259 e. The predicted octanol–water partition coefficient (Wildman–Crippen LogP) is 2.65. The molecular weight excluding hydrogens is 252 g/mol. The van der Waals surface area contributed by atoms with E-state index in [1.165, 1.54) is 24.3 Å². The van der Waals surface area contributed by atoms with E-state index in [0.717, 1.165) is 12.3 Å². The summed E-state index contributed by atoms with van der Waals surface area (Å²) in [5.74, 6) is -1.41. The maximum absolute atomic E-state index is 13.1. The van der Waals surface area contributed by atoms with Gasteiger partial charge in [-0.1, -0.05) is 6.07 Å². The first-order valence-electron chi connectivity index (χ1n) is 5.50. The summed E-state index contributed by atoms with van der Waals surface area (Å²) in [7, 11) is 1.57. The maximum atomic E-state index is 13.1. The molecule has 0 aliphatic rings. The van der Waals surface area contributed by atoms with Gasteiger partial charge in [-0.25, -0.2) is 13.8 Å². The lowest BCUT2D eigenvalue weighted by atomic mass is 10.2. The van der Waals surface area contributed by atoms with Gasteiger partial charge in [-0.05, 0) is 24.3 Å². The molecule has 0 fully saturated rings. The zero-order chi connectivity index (χ0) is 13.8. The van der Waals surface area contributed by atoms with Crippen LogP contribution in [0.15, 0.2) is 36.5 Å². The highest BCUT2D eigenvalue weighted by molar-refractivity contribution is 6.07. The van der Waals surface area contributed by atoms with Crippen molar-refractivity contribution in [3.8, 4) is 0 Å². The minimum absolute atomic E-state index is 0.0479. The van der Waals surface area contributed by atoms with Crippen LogP contribution in [0.5, 0.6) is 0 Å². The predicted molar refractivity (Wildman–Crippen MR) is 68.1 cm³/mol. The average Bonchev–Trinajstić information content (AvgIpc) is 2.38. The Labute approximate surface area is 108 Å². The number of hydrogen-bond donors (Lipinski definition) is 2. The number of nitrogens with one attached hydrogen (secondary N) is 2. The number of rotatable bonds is 3. The standard InChI is InChI=1S/C13H11F2N3O/c1-16-12-11(6-9(15)7-17-12)13(19)18-10-4-2-3-8(14)5-10/h2-7H,1H3,(H,16,17)(H,18,19). The van der Waals surface area contributed by atoms with Crippen molar-refractivity contribution >= 4 is 17.4 Å². The summed E-state index contributed by atoms with van der Waals surface area (Å²) < 4.78 is 26.1. The van der Waals surface area contributed by atoms with E-state index in [9.17, 15) is 13.6 Å². The minimum Gasteiger partial charge on any atom is -0.372 e. The van der Waals surface area contributed by atoms with Crippen molar-refractivity contribution < 1.29 is 13.6 Å². The zero-order valence-corrected chi connectivity index (χ0v) is 10.1. The lowest BCUT2D eigenvalue weighted by molar-refractivity contribution is 0.102. The number of carbonyl (C=O) groups excluding carboxylic acids is 1. The lowest BCUT2D eigenvalue weighted by Crippen LogP contribution is -2.15. The molecule has 0 aliphatic heterocycles. The molecule has 2 N–H and O–H groups in total. The second-order valence-electron chi connectivity index (χ2n) is 3.76. The fraction of sp³-hybridized carbons (Fsp3) is 0.0769. The Morgan fingerprint density at radius 3 is 2.68 bits per heavy atom. The van der Waals surface area contributed by atoms with E-state index in [-0.39, 0.29) is 17.1 Å². The van der Waals surface area contributed by atoms with E-state index in [2.05, 4.69) is 15.6 Å². The molecule has 1 amide bonds. The van der Waals surface area contributed by atoms with Gasteiger partial charge < -0.3 is 10.6 Å². The normalized spacial score (nSPS) is 10.1. The minimum atomic E-state index is -0.622. The number of benzene rings is 1. The lowest BCUT2D eigenvalue weighted by Gasteiger charge is -2.09. The summed E-state index contributed by atoms with van der Waals surface area (Å²) >= 11 is 0. The smallest absolute Gasteiger partial charge is 0.259 e. The first-order valence-corrected chi connectivity index (χ1v) is 5.50. The van der Waals surface area contributed by atoms with Crippen LogP contribution in [0.1, 0.15) is 10.4 Å². The van der Waals surface area contributed by atoms with Gasteiger partial charge in [0.25, 0.3) is 5.91 Å². The molecule has 0 saturated carbocycles. The molecule has 1 aromatic heterocycles. The van der Waals surface area contributed by atoms with Crippen LogP contribution in [-0.4, -0.2) is 17.9 Å². The molecule has 1 aromatic carbocycles. The van der Waals surface area contributed by atoms with Gasteiger partial charge in [-0.2, -0.15) is 0 Å². The van der Waals surface area contributed by atoms with Gasteiger partial charge in [0.2, 0.25) is 0 Å². The largest absolute Gasteiger partial charge is 0.372 e. The van der Waals surface area contributed by atoms with E-state index in [1.54, 1.807) is 7.05 Å². The fourth-order valence-corrected chi connectivity index (χ4v) is 1.58. The van der Waals surface area contributed by atoms with Crippen LogP contribution in [-0.2, 0) is 0 Å². The molecular formula is C13H11F2N3O. The number of hydrogen-bond acceptors (Lipinski definition) is 3.